The fourth-order valence-corrected chi connectivity index (χ4v) is 3.48. The van der Waals surface area contributed by atoms with E-state index in [4.69, 9.17) is 14.9 Å². The first kappa shape index (κ1) is 19.9. The van der Waals surface area contributed by atoms with E-state index in [-0.39, 0.29) is 0 Å². The molecule has 30 heavy (non-hydrogen) atoms. The highest BCUT2D eigenvalue weighted by Gasteiger charge is 2.13. The van der Waals surface area contributed by atoms with E-state index in [0.717, 1.165) is 35.7 Å². The maximum atomic E-state index is 5.44. The molecule has 4 rings (SSSR count). The number of benzene rings is 3. The minimum atomic E-state index is 0.655. The van der Waals surface area contributed by atoms with Gasteiger partial charge in [-0.05, 0) is 30.2 Å². The third kappa shape index (κ3) is 4.93. The summed E-state index contributed by atoms with van der Waals surface area (Å²) in [5.74, 6) is 0.929. The molecule has 4 aromatic rings. The summed E-state index contributed by atoms with van der Waals surface area (Å²) in [6, 6.07) is 28.7. The molecule has 152 valence electrons. The largest absolute Gasteiger partial charge is 0.496 e. The summed E-state index contributed by atoms with van der Waals surface area (Å²) in [5.41, 5.74) is 5.35. The molecule has 0 unspecified atom stereocenters. The third-order valence-corrected chi connectivity index (χ3v) is 5.00. The second kappa shape index (κ2) is 9.85. The molecule has 0 saturated heterocycles. The predicted octanol–water partition coefficient (Wildman–Crippen LogP) is 4.33. The molecule has 0 bridgehead atoms. The predicted molar refractivity (Wildman–Crippen MR) is 119 cm³/mol. The highest BCUT2D eigenvalue weighted by Crippen LogP contribution is 2.21. The molecule has 5 nitrogen and oxygen atoms in total. The van der Waals surface area contributed by atoms with Crippen LogP contribution in [0.15, 0.2) is 84.9 Å². The number of rotatable bonds is 9. The van der Waals surface area contributed by atoms with Crippen molar-refractivity contribution in [1.82, 2.24) is 20.3 Å². The van der Waals surface area contributed by atoms with Crippen LogP contribution in [0, 0.1) is 0 Å². The van der Waals surface area contributed by atoms with E-state index in [2.05, 4.69) is 35.6 Å². The molecule has 0 aliphatic rings. The van der Waals surface area contributed by atoms with Gasteiger partial charge in [0.25, 0.3) is 0 Å². The minimum absolute atomic E-state index is 0.655. The van der Waals surface area contributed by atoms with Crippen LogP contribution in [0.4, 0.5) is 0 Å². The molecule has 0 aliphatic heterocycles. The molecule has 0 aliphatic carbocycles. The highest BCUT2D eigenvalue weighted by atomic mass is 16.5. The Balaban J connectivity index is 1.47. The molecular weight excluding hydrogens is 372 g/mol. The van der Waals surface area contributed by atoms with Crippen LogP contribution in [-0.4, -0.2) is 28.6 Å². The Kier molecular flexibility index (Phi) is 6.52. The molecule has 5 heteroatoms. The molecule has 1 heterocycles. The summed E-state index contributed by atoms with van der Waals surface area (Å²) < 4.78 is 5.44. The molecule has 0 amide bonds. The Morgan fingerprint density at radius 1 is 0.833 bits per heavy atom. The number of ether oxygens (including phenoxy) is 1. The van der Waals surface area contributed by atoms with Gasteiger partial charge >= 0.3 is 0 Å². The zero-order chi connectivity index (χ0) is 20.6. The van der Waals surface area contributed by atoms with E-state index in [0.29, 0.717) is 13.1 Å². The van der Waals surface area contributed by atoms with Gasteiger partial charge in [-0.25, -0.2) is 0 Å². The van der Waals surface area contributed by atoms with Crippen molar-refractivity contribution in [2.75, 3.05) is 13.7 Å². The molecule has 0 spiro atoms. The standard InChI is InChI=1S/C25H26N4O/c1-30-24-15-9-8-12-21(24)16-17-26-18-23-25(22-13-6-3-7-14-22)28-29(27-23)19-20-10-4-2-5-11-20/h2-15,26H,16-19H2,1H3. The summed E-state index contributed by atoms with van der Waals surface area (Å²) in [6.07, 6.45) is 0.892. The van der Waals surface area contributed by atoms with Crippen LogP contribution in [-0.2, 0) is 19.5 Å². The Labute approximate surface area is 177 Å². The fourth-order valence-electron chi connectivity index (χ4n) is 3.48. The van der Waals surface area contributed by atoms with E-state index >= 15 is 0 Å². The van der Waals surface area contributed by atoms with Crippen LogP contribution in [0.5, 0.6) is 5.75 Å². The van der Waals surface area contributed by atoms with Gasteiger partial charge in [0.15, 0.2) is 0 Å². The lowest BCUT2D eigenvalue weighted by atomic mass is 10.1. The Morgan fingerprint density at radius 3 is 2.30 bits per heavy atom. The van der Waals surface area contributed by atoms with Gasteiger partial charge in [0.05, 0.1) is 13.7 Å². The van der Waals surface area contributed by atoms with Crippen molar-refractivity contribution in [3.8, 4) is 17.0 Å². The van der Waals surface area contributed by atoms with Crippen LogP contribution < -0.4 is 10.1 Å². The van der Waals surface area contributed by atoms with Gasteiger partial charge in [0, 0.05) is 12.1 Å². The lowest BCUT2D eigenvalue weighted by Crippen LogP contribution is -2.18. The van der Waals surface area contributed by atoms with Gasteiger partial charge in [0.2, 0.25) is 0 Å². The summed E-state index contributed by atoms with van der Waals surface area (Å²) in [5, 5.41) is 13.1. The summed E-state index contributed by atoms with van der Waals surface area (Å²) in [7, 11) is 1.71. The second-order valence-electron chi connectivity index (χ2n) is 7.12. The van der Waals surface area contributed by atoms with E-state index in [1.807, 2.05) is 54.6 Å². The molecule has 3 aromatic carbocycles. The monoisotopic (exact) mass is 398 g/mol. The van der Waals surface area contributed by atoms with Gasteiger partial charge < -0.3 is 10.1 Å². The Morgan fingerprint density at radius 2 is 1.53 bits per heavy atom. The molecule has 1 aromatic heterocycles. The number of para-hydroxylation sites is 1. The number of hydrogen-bond donors (Lipinski definition) is 1. The quantitative estimate of drug-likeness (QED) is 0.426. The van der Waals surface area contributed by atoms with Crippen LogP contribution in [0.3, 0.4) is 0 Å². The number of aromatic nitrogens is 3. The first-order valence-electron chi connectivity index (χ1n) is 10.2. The van der Waals surface area contributed by atoms with Crippen molar-refractivity contribution < 1.29 is 4.74 Å². The Hall–Kier alpha value is -3.44. The first-order chi connectivity index (χ1) is 14.8. The molecule has 0 radical (unpaired) electrons. The van der Waals surface area contributed by atoms with Gasteiger partial charge in [0.1, 0.15) is 17.1 Å². The molecule has 0 atom stereocenters. The van der Waals surface area contributed by atoms with E-state index < -0.39 is 0 Å². The minimum Gasteiger partial charge on any atom is -0.496 e. The molecule has 1 N–H and O–H groups in total. The average molecular weight is 399 g/mol. The van der Waals surface area contributed by atoms with Crippen molar-refractivity contribution >= 4 is 0 Å². The van der Waals surface area contributed by atoms with Gasteiger partial charge in [-0.3, -0.25) is 0 Å². The normalized spacial score (nSPS) is 10.8. The lowest BCUT2D eigenvalue weighted by Gasteiger charge is -2.08. The zero-order valence-electron chi connectivity index (χ0n) is 17.2. The second-order valence-corrected chi connectivity index (χ2v) is 7.12. The van der Waals surface area contributed by atoms with E-state index in [9.17, 15) is 0 Å². The summed E-state index contributed by atoms with van der Waals surface area (Å²) in [4.78, 5) is 1.79. The van der Waals surface area contributed by atoms with Gasteiger partial charge in [-0.1, -0.05) is 78.9 Å². The highest BCUT2D eigenvalue weighted by molar-refractivity contribution is 5.60. The van der Waals surface area contributed by atoms with Crippen molar-refractivity contribution in [2.45, 2.75) is 19.5 Å². The van der Waals surface area contributed by atoms with Crippen LogP contribution in [0.25, 0.3) is 11.3 Å². The fraction of sp³-hybridized carbons (Fsp3) is 0.200. The topological polar surface area (TPSA) is 52.0 Å². The smallest absolute Gasteiger partial charge is 0.122 e. The van der Waals surface area contributed by atoms with Crippen molar-refractivity contribution in [2.24, 2.45) is 0 Å². The molecular formula is C25H26N4O. The first-order valence-corrected chi connectivity index (χ1v) is 10.2. The number of hydrogen-bond acceptors (Lipinski definition) is 4. The lowest BCUT2D eigenvalue weighted by molar-refractivity contribution is 0.409. The summed E-state index contributed by atoms with van der Waals surface area (Å²) >= 11 is 0. The average Bonchev–Trinajstić information content (AvgIpc) is 3.20. The summed E-state index contributed by atoms with van der Waals surface area (Å²) in [6.45, 7) is 2.15. The Bertz CT molecular complexity index is 1060. The zero-order valence-corrected chi connectivity index (χ0v) is 17.2. The van der Waals surface area contributed by atoms with Crippen molar-refractivity contribution in [3.63, 3.8) is 0 Å². The van der Waals surface area contributed by atoms with Gasteiger partial charge in [-0.15, -0.1) is 0 Å². The van der Waals surface area contributed by atoms with Crippen molar-refractivity contribution in [3.05, 3.63) is 102 Å². The van der Waals surface area contributed by atoms with Gasteiger partial charge in [-0.2, -0.15) is 15.0 Å². The van der Waals surface area contributed by atoms with E-state index in [1.165, 1.54) is 11.1 Å². The molecule has 0 fully saturated rings. The SMILES string of the molecule is COc1ccccc1CCNCc1nn(Cc2ccccc2)nc1-c1ccccc1. The van der Waals surface area contributed by atoms with Crippen LogP contribution in [0.2, 0.25) is 0 Å². The number of nitrogens with zero attached hydrogens (tertiary/aromatic N) is 3. The third-order valence-electron chi connectivity index (χ3n) is 5.00. The van der Waals surface area contributed by atoms with Crippen LogP contribution in [0.1, 0.15) is 16.8 Å². The molecule has 0 saturated carbocycles. The van der Waals surface area contributed by atoms with E-state index in [1.54, 1.807) is 11.9 Å². The van der Waals surface area contributed by atoms with Crippen molar-refractivity contribution in [1.29, 1.82) is 0 Å². The number of methoxy groups -OCH3 is 1. The number of nitrogens with one attached hydrogen (secondary N) is 1. The maximum absolute atomic E-state index is 5.44. The van der Waals surface area contributed by atoms with Crippen LogP contribution >= 0.6 is 0 Å². The maximum Gasteiger partial charge on any atom is 0.122 e.